The van der Waals surface area contributed by atoms with Crippen LogP contribution < -0.4 is 9.47 Å². The Balaban J connectivity index is 1.49. The molecule has 4 rings (SSSR count). The molecule has 142 valence electrons. The van der Waals surface area contributed by atoms with Crippen molar-refractivity contribution in [1.29, 1.82) is 0 Å². The minimum absolute atomic E-state index is 0.462. The molecule has 0 radical (unpaired) electrons. The molecule has 0 atom stereocenters. The first-order chi connectivity index (χ1) is 13.8. The van der Waals surface area contributed by atoms with Gasteiger partial charge in [-0.25, -0.2) is 0 Å². The average Bonchev–Trinajstić information content (AvgIpc) is 3.41. The lowest BCUT2D eigenvalue weighted by atomic mass is 10.2. The van der Waals surface area contributed by atoms with Gasteiger partial charge in [-0.15, -0.1) is 20.4 Å². The van der Waals surface area contributed by atoms with Crippen LogP contribution in [0.5, 0.6) is 11.5 Å². The lowest BCUT2D eigenvalue weighted by molar-refractivity contribution is 0.412. The SMILES string of the molecule is COc1ccc(-c2nnc(CSc3nncn3-c3ccccc3OC)o2)cc1. The maximum Gasteiger partial charge on any atom is 0.247 e. The van der Waals surface area contributed by atoms with E-state index < -0.39 is 0 Å². The lowest BCUT2D eigenvalue weighted by Gasteiger charge is -2.10. The number of methoxy groups -OCH3 is 2. The van der Waals surface area contributed by atoms with Gasteiger partial charge in [-0.1, -0.05) is 23.9 Å². The molecule has 0 fully saturated rings. The smallest absolute Gasteiger partial charge is 0.247 e. The van der Waals surface area contributed by atoms with Crippen LogP contribution in [0.15, 0.2) is 64.4 Å². The lowest BCUT2D eigenvalue weighted by Crippen LogP contribution is -1.98. The first-order valence-corrected chi connectivity index (χ1v) is 9.40. The average molecular weight is 395 g/mol. The standard InChI is InChI=1S/C19H17N5O3S/c1-25-14-9-7-13(8-10-14)18-22-21-17(27-18)11-28-19-23-20-12-24(19)15-5-3-4-6-16(15)26-2/h3-10,12H,11H2,1-2H3. The molecule has 9 heteroatoms. The zero-order chi connectivity index (χ0) is 19.3. The summed E-state index contributed by atoms with van der Waals surface area (Å²) in [6, 6.07) is 15.1. The number of nitrogens with zero attached hydrogens (tertiary/aromatic N) is 5. The molecule has 28 heavy (non-hydrogen) atoms. The Morgan fingerprint density at radius 1 is 0.964 bits per heavy atom. The zero-order valence-electron chi connectivity index (χ0n) is 15.3. The Labute approximate surface area is 165 Å². The van der Waals surface area contributed by atoms with Crippen LogP contribution in [0.25, 0.3) is 17.1 Å². The fraction of sp³-hybridized carbons (Fsp3) is 0.158. The monoisotopic (exact) mass is 395 g/mol. The third-order valence-electron chi connectivity index (χ3n) is 3.99. The molecule has 0 unspecified atom stereocenters. The molecule has 0 aliphatic heterocycles. The fourth-order valence-electron chi connectivity index (χ4n) is 2.61. The van der Waals surface area contributed by atoms with Gasteiger partial charge in [0.2, 0.25) is 11.8 Å². The summed E-state index contributed by atoms with van der Waals surface area (Å²) in [4.78, 5) is 0. The van der Waals surface area contributed by atoms with Crippen molar-refractivity contribution in [3.05, 3.63) is 60.7 Å². The molecule has 4 aromatic rings. The molecule has 0 bridgehead atoms. The topological polar surface area (TPSA) is 88.1 Å². The van der Waals surface area contributed by atoms with Gasteiger partial charge in [0.1, 0.15) is 17.8 Å². The molecule has 0 saturated heterocycles. The van der Waals surface area contributed by atoms with Gasteiger partial charge in [-0.3, -0.25) is 4.57 Å². The van der Waals surface area contributed by atoms with Crippen molar-refractivity contribution in [1.82, 2.24) is 25.0 Å². The molecule has 2 heterocycles. The van der Waals surface area contributed by atoms with Gasteiger partial charge in [-0.2, -0.15) is 0 Å². The Kier molecular flexibility index (Phi) is 5.24. The molecule has 2 aromatic carbocycles. The Bertz CT molecular complexity index is 1060. The van der Waals surface area contributed by atoms with E-state index in [1.165, 1.54) is 11.8 Å². The summed E-state index contributed by atoms with van der Waals surface area (Å²) in [5.41, 5.74) is 1.70. The number of aromatic nitrogens is 5. The zero-order valence-corrected chi connectivity index (χ0v) is 16.1. The molecule has 0 aliphatic rings. The highest BCUT2D eigenvalue weighted by Crippen LogP contribution is 2.29. The van der Waals surface area contributed by atoms with Gasteiger partial charge >= 0.3 is 0 Å². The molecule has 0 spiro atoms. The second-order valence-corrected chi connectivity index (χ2v) is 6.62. The van der Waals surface area contributed by atoms with Crippen molar-refractivity contribution < 1.29 is 13.9 Å². The fourth-order valence-corrected chi connectivity index (χ4v) is 3.36. The van der Waals surface area contributed by atoms with Crippen LogP contribution in [-0.2, 0) is 5.75 Å². The first kappa shape index (κ1) is 18.1. The van der Waals surface area contributed by atoms with Gasteiger partial charge in [-0.05, 0) is 36.4 Å². The highest BCUT2D eigenvalue weighted by molar-refractivity contribution is 7.98. The molecular weight excluding hydrogens is 378 g/mol. The van der Waals surface area contributed by atoms with E-state index in [0.717, 1.165) is 22.7 Å². The third kappa shape index (κ3) is 3.70. The molecule has 0 N–H and O–H groups in total. The second-order valence-electron chi connectivity index (χ2n) is 5.67. The van der Waals surface area contributed by atoms with Crippen LogP contribution in [0.2, 0.25) is 0 Å². The summed E-state index contributed by atoms with van der Waals surface area (Å²) in [7, 11) is 3.26. The van der Waals surface area contributed by atoms with Crippen LogP contribution >= 0.6 is 11.8 Å². The summed E-state index contributed by atoms with van der Waals surface area (Å²) < 4.78 is 18.2. The normalized spacial score (nSPS) is 10.8. The molecular formula is C19H17N5O3S. The van der Waals surface area contributed by atoms with E-state index in [-0.39, 0.29) is 0 Å². The predicted molar refractivity (Wildman–Crippen MR) is 104 cm³/mol. The van der Waals surface area contributed by atoms with Crippen molar-refractivity contribution in [2.45, 2.75) is 10.9 Å². The highest BCUT2D eigenvalue weighted by atomic mass is 32.2. The summed E-state index contributed by atoms with van der Waals surface area (Å²) in [6.45, 7) is 0. The van der Waals surface area contributed by atoms with Gasteiger partial charge in [0.15, 0.2) is 5.16 Å². The van der Waals surface area contributed by atoms with Crippen molar-refractivity contribution in [2.24, 2.45) is 0 Å². The molecule has 8 nitrogen and oxygen atoms in total. The Morgan fingerprint density at radius 3 is 2.57 bits per heavy atom. The number of rotatable bonds is 7. The van der Waals surface area contributed by atoms with E-state index in [4.69, 9.17) is 13.9 Å². The van der Waals surface area contributed by atoms with Crippen LogP contribution in [0.4, 0.5) is 0 Å². The molecule has 0 aliphatic carbocycles. The van der Waals surface area contributed by atoms with E-state index in [9.17, 15) is 0 Å². The van der Waals surface area contributed by atoms with Crippen molar-refractivity contribution in [3.63, 3.8) is 0 Å². The molecule has 0 saturated carbocycles. The van der Waals surface area contributed by atoms with E-state index in [0.29, 0.717) is 22.7 Å². The number of hydrogen-bond acceptors (Lipinski definition) is 8. The summed E-state index contributed by atoms with van der Waals surface area (Å²) >= 11 is 1.45. The number of ether oxygens (including phenoxy) is 2. The first-order valence-electron chi connectivity index (χ1n) is 8.41. The van der Waals surface area contributed by atoms with Crippen molar-refractivity contribution in [3.8, 4) is 28.6 Å². The van der Waals surface area contributed by atoms with Crippen molar-refractivity contribution in [2.75, 3.05) is 14.2 Å². The summed E-state index contributed by atoms with van der Waals surface area (Å²) in [5.74, 6) is 2.95. The predicted octanol–water partition coefficient (Wildman–Crippen LogP) is 3.63. The molecule has 0 amide bonds. The Hall–Kier alpha value is -3.33. The Morgan fingerprint density at radius 2 is 1.79 bits per heavy atom. The summed E-state index contributed by atoms with van der Waals surface area (Å²) in [5, 5.41) is 17.1. The van der Waals surface area contributed by atoms with Crippen LogP contribution in [-0.4, -0.2) is 39.2 Å². The van der Waals surface area contributed by atoms with Crippen LogP contribution in [0.3, 0.4) is 0 Å². The van der Waals surface area contributed by atoms with Gasteiger partial charge in [0.25, 0.3) is 0 Å². The number of thioether (sulfide) groups is 1. The van der Waals surface area contributed by atoms with Gasteiger partial charge in [0.05, 0.1) is 25.7 Å². The minimum Gasteiger partial charge on any atom is -0.497 e. The molecule has 2 aromatic heterocycles. The highest BCUT2D eigenvalue weighted by Gasteiger charge is 2.14. The van der Waals surface area contributed by atoms with Crippen LogP contribution in [0.1, 0.15) is 5.89 Å². The van der Waals surface area contributed by atoms with Crippen LogP contribution in [0, 0.1) is 0 Å². The number of hydrogen-bond donors (Lipinski definition) is 0. The number of para-hydroxylation sites is 2. The van der Waals surface area contributed by atoms with E-state index in [1.54, 1.807) is 20.5 Å². The third-order valence-corrected chi connectivity index (χ3v) is 4.92. The maximum absolute atomic E-state index is 5.77. The van der Waals surface area contributed by atoms with E-state index in [2.05, 4.69) is 20.4 Å². The minimum atomic E-state index is 0.462. The maximum atomic E-state index is 5.77. The summed E-state index contributed by atoms with van der Waals surface area (Å²) in [6.07, 6.45) is 1.65. The number of benzene rings is 2. The van der Waals surface area contributed by atoms with E-state index >= 15 is 0 Å². The second kappa shape index (κ2) is 8.13. The van der Waals surface area contributed by atoms with Gasteiger partial charge < -0.3 is 13.9 Å². The largest absolute Gasteiger partial charge is 0.497 e. The van der Waals surface area contributed by atoms with Crippen molar-refractivity contribution >= 4 is 11.8 Å². The quantitative estimate of drug-likeness (QED) is 0.438. The van der Waals surface area contributed by atoms with E-state index in [1.807, 2.05) is 53.1 Å². The van der Waals surface area contributed by atoms with Gasteiger partial charge in [0, 0.05) is 5.56 Å².